The summed E-state index contributed by atoms with van der Waals surface area (Å²) in [6.45, 7) is 0. The molecular weight excluding hydrogens is 256 g/mol. The van der Waals surface area contributed by atoms with Crippen LogP contribution in [-0.2, 0) is 0 Å². The first-order valence-corrected chi connectivity index (χ1v) is 4.53. The molecule has 0 aromatic heterocycles. The van der Waals surface area contributed by atoms with Crippen molar-refractivity contribution < 1.29 is 4.39 Å². The Hall–Kier alpha value is -0.850. The minimum absolute atomic E-state index is 0.318. The molecule has 4 heteroatoms. The van der Waals surface area contributed by atoms with Gasteiger partial charge in [-0.1, -0.05) is 27.5 Å². The second kappa shape index (κ2) is 4.40. The fourth-order valence-corrected chi connectivity index (χ4v) is 1.74. The molecule has 1 aromatic rings. The van der Waals surface area contributed by atoms with Crippen molar-refractivity contribution in [1.82, 2.24) is 0 Å². The maximum atomic E-state index is 13.2. The zero-order chi connectivity index (χ0) is 9.84. The Kier molecular flexibility index (Phi) is 3.47. The van der Waals surface area contributed by atoms with Crippen molar-refractivity contribution in [3.8, 4) is 6.07 Å². The minimum Gasteiger partial charge on any atom is -0.206 e. The number of hydrogen-bond donors (Lipinski definition) is 0. The molecule has 0 fully saturated rings. The molecule has 0 heterocycles. The third-order valence-electron chi connectivity index (χ3n) is 1.37. The topological polar surface area (TPSA) is 23.8 Å². The van der Waals surface area contributed by atoms with Crippen LogP contribution < -0.4 is 0 Å². The van der Waals surface area contributed by atoms with Gasteiger partial charge in [0, 0.05) is 21.1 Å². The number of nitriles is 1. The number of benzene rings is 1. The van der Waals surface area contributed by atoms with Gasteiger partial charge in [0.1, 0.15) is 5.82 Å². The highest BCUT2D eigenvalue weighted by molar-refractivity contribution is 9.10. The average Bonchev–Trinajstić information content (AvgIpc) is 2.02. The Labute approximate surface area is 88.6 Å². The van der Waals surface area contributed by atoms with Crippen molar-refractivity contribution in [2.45, 2.75) is 0 Å². The lowest BCUT2D eigenvalue weighted by Crippen LogP contribution is -1.83. The third kappa shape index (κ3) is 2.55. The summed E-state index contributed by atoms with van der Waals surface area (Å²) in [6.07, 6.45) is 2.59. The fourth-order valence-electron chi connectivity index (χ4n) is 0.833. The van der Waals surface area contributed by atoms with Crippen molar-refractivity contribution in [3.63, 3.8) is 0 Å². The molecule has 66 valence electrons. The molecule has 0 N–H and O–H groups in total. The summed E-state index contributed by atoms with van der Waals surface area (Å²) < 4.78 is 13.7. The Morgan fingerprint density at radius 3 is 2.77 bits per heavy atom. The number of nitrogens with zero attached hydrogens (tertiary/aromatic N) is 1. The van der Waals surface area contributed by atoms with Crippen LogP contribution in [0.4, 0.5) is 4.39 Å². The summed E-state index contributed by atoms with van der Waals surface area (Å²) in [4.78, 5) is 0. The van der Waals surface area contributed by atoms with Crippen LogP contribution in [0.15, 0.2) is 22.7 Å². The molecule has 0 saturated carbocycles. The molecule has 1 aromatic carbocycles. The predicted molar refractivity (Wildman–Crippen MR) is 53.8 cm³/mol. The average molecular weight is 260 g/mol. The smallest absolute Gasteiger partial charge is 0.133 e. The van der Waals surface area contributed by atoms with Gasteiger partial charge in [-0.25, -0.2) is 4.39 Å². The van der Waals surface area contributed by atoms with Crippen LogP contribution in [0.3, 0.4) is 0 Å². The van der Waals surface area contributed by atoms with Gasteiger partial charge in [0.15, 0.2) is 0 Å². The van der Waals surface area contributed by atoms with E-state index >= 15 is 0 Å². The lowest BCUT2D eigenvalue weighted by atomic mass is 10.2. The molecule has 0 spiro atoms. The number of rotatable bonds is 1. The molecule has 0 atom stereocenters. The van der Waals surface area contributed by atoms with E-state index in [-0.39, 0.29) is 0 Å². The molecule has 0 bridgehead atoms. The lowest BCUT2D eigenvalue weighted by molar-refractivity contribution is 0.624. The maximum Gasteiger partial charge on any atom is 0.133 e. The van der Waals surface area contributed by atoms with E-state index in [1.165, 1.54) is 18.2 Å². The minimum atomic E-state index is -0.453. The molecule has 0 radical (unpaired) electrons. The van der Waals surface area contributed by atoms with E-state index in [1.807, 2.05) is 0 Å². The van der Waals surface area contributed by atoms with Gasteiger partial charge >= 0.3 is 0 Å². The summed E-state index contributed by atoms with van der Waals surface area (Å²) in [5, 5.41) is 8.58. The Morgan fingerprint density at radius 1 is 1.54 bits per heavy atom. The van der Waals surface area contributed by atoms with Gasteiger partial charge in [-0.15, -0.1) is 0 Å². The standard InChI is InChI=1S/C9H4BrClFN/c10-8-4-6(11)5-9(12)7(8)2-1-3-13/h1-2,4-5H. The predicted octanol–water partition coefficient (Wildman–Crippen LogP) is 3.78. The quantitative estimate of drug-likeness (QED) is 0.705. The van der Waals surface area contributed by atoms with Gasteiger partial charge in [-0.2, -0.15) is 5.26 Å². The van der Waals surface area contributed by atoms with E-state index in [2.05, 4.69) is 15.9 Å². The molecule has 13 heavy (non-hydrogen) atoms. The summed E-state index contributed by atoms with van der Waals surface area (Å²) in [6, 6.07) is 4.55. The first-order valence-electron chi connectivity index (χ1n) is 3.36. The van der Waals surface area contributed by atoms with Gasteiger partial charge in [0.2, 0.25) is 0 Å². The monoisotopic (exact) mass is 259 g/mol. The first-order chi connectivity index (χ1) is 6.15. The number of hydrogen-bond acceptors (Lipinski definition) is 1. The molecular formula is C9H4BrClFN. The Balaban J connectivity index is 3.22. The van der Waals surface area contributed by atoms with Crippen LogP contribution in [0.5, 0.6) is 0 Å². The van der Waals surface area contributed by atoms with Crippen LogP contribution >= 0.6 is 27.5 Å². The zero-order valence-corrected chi connectivity index (χ0v) is 8.73. The number of allylic oxidation sites excluding steroid dienone is 1. The van der Waals surface area contributed by atoms with Gasteiger partial charge in [-0.3, -0.25) is 0 Å². The van der Waals surface area contributed by atoms with E-state index in [4.69, 9.17) is 16.9 Å². The molecule has 0 aliphatic carbocycles. The fraction of sp³-hybridized carbons (Fsp3) is 0. The second-order valence-corrected chi connectivity index (χ2v) is 3.54. The van der Waals surface area contributed by atoms with Crippen LogP contribution in [-0.4, -0.2) is 0 Å². The molecule has 1 rings (SSSR count). The van der Waals surface area contributed by atoms with Crippen molar-refractivity contribution in [3.05, 3.63) is 39.1 Å². The van der Waals surface area contributed by atoms with Crippen molar-refractivity contribution in [2.24, 2.45) is 0 Å². The normalized spacial score (nSPS) is 10.3. The molecule has 0 aliphatic heterocycles. The Bertz CT molecular complexity index is 372. The zero-order valence-electron chi connectivity index (χ0n) is 6.39. The maximum absolute atomic E-state index is 13.2. The summed E-state index contributed by atoms with van der Waals surface area (Å²) >= 11 is 8.74. The third-order valence-corrected chi connectivity index (χ3v) is 2.24. The molecule has 0 unspecified atom stereocenters. The van der Waals surface area contributed by atoms with Crippen molar-refractivity contribution in [2.75, 3.05) is 0 Å². The largest absolute Gasteiger partial charge is 0.206 e. The van der Waals surface area contributed by atoms with Gasteiger partial charge in [0.05, 0.1) is 6.07 Å². The highest BCUT2D eigenvalue weighted by Crippen LogP contribution is 2.25. The second-order valence-electron chi connectivity index (χ2n) is 2.25. The van der Waals surface area contributed by atoms with Crippen LogP contribution in [0.2, 0.25) is 5.02 Å². The highest BCUT2D eigenvalue weighted by Gasteiger charge is 2.04. The van der Waals surface area contributed by atoms with Gasteiger partial charge in [-0.05, 0) is 18.2 Å². The SMILES string of the molecule is N#CC=Cc1c(F)cc(Cl)cc1Br. The van der Waals surface area contributed by atoms with Crippen LogP contribution in [0.25, 0.3) is 6.08 Å². The van der Waals surface area contributed by atoms with E-state index in [0.717, 1.165) is 0 Å². The molecule has 0 aliphatic rings. The van der Waals surface area contributed by atoms with E-state index in [9.17, 15) is 4.39 Å². The lowest BCUT2D eigenvalue weighted by Gasteiger charge is -2.00. The summed E-state index contributed by atoms with van der Waals surface area (Å²) in [7, 11) is 0. The van der Waals surface area contributed by atoms with Crippen LogP contribution in [0, 0.1) is 17.1 Å². The molecule has 0 saturated heterocycles. The molecule has 0 amide bonds. The van der Waals surface area contributed by atoms with Crippen molar-refractivity contribution in [1.29, 1.82) is 5.26 Å². The van der Waals surface area contributed by atoms with E-state index < -0.39 is 5.82 Å². The number of halogens is 3. The molecule has 1 nitrogen and oxygen atoms in total. The van der Waals surface area contributed by atoms with E-state index in [0.29, 0.717) is 15.1 Å². The van der Waals surface area contributed by atoms with Crippen LogP contribution in [0.1, 0.15) is 5.56 Å². The Morgan fingerprint density at radius 2 is 2.23 bits per heavy atom. The highest BCUT2D eigenvalue weighted by atomic mass is 79.9. The summed E-state index contributed by atoms with van der Waals surface area (Å²) in [5.74, 6) is -0.453. The van der Waals surface area contributed by atoms with Crippen molar-refractivity contribution >= 4 is 33.6 Å². The van der Waals surface area contributed by atoms with E-state index in [1.54, 1.807) is 12.1 Å². The first kappa shape index (κ1) is 10.2. The van der Waals surface area contributed by atoms with Gasteiger partial charge < -0.3 is 0 Å². The summed E-state index contributed by atoms with van der Waals surface area (Å²) in [5.41, 5.74) is 0.325. The van der Waals surface area contributed by atoms with Gasteiger partial charge in [0.25, 0.3) is 0 Å².